The predicted octanol–water partition coefficient (Wildman–Crippen LogP) is 4.38. The van der Waals surface area contributed by atoms with Gasteiger partial charge in [-0.25, -0.2) is 0 Å². The molecule has 33 heavy (non-hydrogen) atoms. The number of nitrogens with zero attached hydrogens (tertiary/aromatic N) is 3. The van der Waals surface area contributed by atoms with Gasteiger partial charge in [-0.1, -0.05) is 58.4 Å². The molecule has 172 valence electrons. The summed E-state index contributed by atoms with van der Waals surface area (Å²) in [5.74, 6) is 0.115. The lowest BCUT2D eigenvalue weighted by atomic mass is 10.0. The van der Waals surface area contributed by atoms with Crippen LogP contribution in [-0.4, -0.2) is 60.0 Å². The van der Waals surface area contributed by atoms with Gasteiger partial charge in [0, 0.05) is 43.0 Å². The van der Waals surface area contributed by atoms with Crippen molar-refractivity contribution in [2.75, 3.05) is 39.3 Å². The van der Waals surface area contributed by atoms with Gasteiger partial charge in [-0.05, 0) is 66.4 Å². The molecule has 4 rings (SSSR count). The number of rotatable bonds is 8. The maximum atomic E-state index is 12.4. The lowest BCUT2D eigenvalue weighted by molar-refractivity contribution is -0.122. The van der Waals surface area contributed by atoms with Crippen LogP contribution in [0.15, 0.2) is 77.5 Å². The molecule has 0 unspecified atom stereocenters. The van der Waals surface area contributed by atoms with Crippen LogP contribution in [0.3, 0.4) is 0 Å². The third kappa shape index (κ3) is 7.22. The van der Waals surface area contributed by atoms with E-state index >= 15 is 0 Å². The molecule has 0 aliphatic carbocycles. The van der Waals surface area contributed by atoms with Crippen LogP contribution in [-0.2, 0) is 17.8 Å². The minimum Gasteiger partial charge on any atom is -0.355 e. The lowest BCUT2D eigenvalue weighted by Gasteiger charge is -2.22. The summed E-state index contributed by atoms with van der Waals surface area (Å²) in [7, 11) is 0. The SMILES string of the molecule is O=C(CN1CCCN(Cc2cnccc2-c2ccc(Br)cc2)CC1)NCCc1ccccc1. The lowest BCUT2D eigenvalue weighted by Crippen LogP contribution is -2.39. The summed E-state index contributed by atoms with van der Waals surface area (Å²) in [5.41, 5.74) is 4.93. The van der Waals surface area contributed by atoms with Crippen LogP contribution in [0.5, 0.6) is 0 Å². The maximum Gasteiger partial charge on any atom is 0.234 e. The van der Waals surface area contributed by atoms with E-state index in [9.17, 15) is 4.79 Å². The summed E-state index contributed by atoms with van der Waals surface area (Å²) in [6.45, 7) is 5.86. The Morgan fingerprint density at radius 1 is 0.939 bits per heavy atom. The van der Waals surface area contributed by atoms with Gasteiger partial charge < -0.3 is 5.32 Å². The van der Waals surface area contributed by atoms with Crippen molar-refractivity contribution in [1.29, 1.82) is 0 Å². The minimum atomic E-state index is 0.115. The maximum absolute atomic E-state index is 12.4. The molecule has 0 radical (unpaired) electrons. The van der Waals surface area contributed by atoms with Gasteiger partial charge in [0.25, 0.3) is 0 Å². The topological polar surface area (TPSA) is 48.5 Å². The van der Waals surface area contributed by atoms with E-state index in [0.717, 1.165) is 50.0 Å². The highest BCUT2D eigenvalue weighted by atomic mass is 79.9. The molecule has 0 spiro atoms. The summed E-state index contributed by atoms with van der Waals surface area (Å²) >= 11 is 3.52. The highest BCUT2D eigenvalue weighted by molar-refractivity contribution is 9.10. The number of aromatic nitrogens is 1. The second kappa shape index (κ2) is 12.1. The fourth-order valence-electron chi connectivity index (χ4n) is 4.30. The number of nitrogens with one attached hydrogen (secondary N) is 1. The molecule has 2 heterocycles. The molecule has 0 bridgehead atoms. The van der Waals surface area contributed by atoms with Gasteiger partial charge >= 0.3 is 0 Å². The Morgan fingerprint density at radius 2 is 1.70 bits per heavy atom. The first-order valence-electron chi connectivity index (χ1n) is 11.6. The van der Waals surface area contributed by atoms with Crippen molar-refractivity contribution in [1.82, 2.24) is 20.1 Å². The van der Waals surface area contributed by atoms with Crippen molar-refractivity contribution in [2.45, 2.75) is 19.4 Å². The Hall–Kier alpha value is -2.54. The molecule has 2 aromatic carbocycles. The molecule has 0 atom stereocenters. The van der Waals surface area contributed by atoms with Crippen LogP contribution in [0, 0.1) is 0 Å². The van der Waals surface area contributed by atoms with Crippen molar-refractivity contribution in [3.8, 4) is 11.1 Å². The minimum absolute atomic E-state index is 0.115. The second-order valence-electron chi connectivity index (χ2n) is 8.53. The van der Waals surface area contributed by atoms with Crippen LogP contribution in [0.1, 0.15) is 17.5 Å². The third-order valence-electron chi connectivity index (χ3n) is 6.08. The summed E-state index contributed by atoms with van der Waals surface area (Å²) in [5, 5.41) is 3.07. The first-order chi connectivity index (χ1) is 16.2. The smallest absolute Gasteiger partial charge is 0.234 e. The average Bonchev–Trinajstić information content (AvgIpc) is 3.06. The van der Waals surface area contributed by atoms with E-state index in [-0.39, 0.29) is 5.91 Å². The fourth-order valence-corrected chi connectivity index (χ4v) is 4.56. The molecule has 1 aliphatic heterocycles. The van der Waals surface area contributed by atoms with Crippen LogP contribution >= 0.6 is 15.9 Å². The second-order valence-corrected chi connectivity index (χ2v) is 9.45. The van der Waals surface area contributed by atoms with E-state index in [1.807, 2.05) is 30.6 Å². The number of benzene rings is 2. The summed E-state index contributed by atoms with van der Waals surface area (Å²) in [6.07, 6.45) is 5.78. The number of hydrogen-bond acceptors (Lipinski definition) is 4. The van der Waals surface area contributed by atoms with E-state index in [1.165, 1.54) is 22.3 Å². The number of carbonyl (C=O) groups is 1. The number of halogens is 1. The molecular weight excluding hydrogens is 476 g/mol. The number of hydrogen-bond donors (Lipinski definition) is 1. The highest BCUT2D eigenvalue weighted by Gasteiger charge is 2.18. The van der Waals surface area contributed by atoms with Gasteiger partial charge in [0.2, 0.25) is 5.91 Å². The Labute approximate surface area is 205 Å². The van der Waals surface area contributed by atoms with E-state index in [0.29, 0.717) is 13.1 Å². The molecule has 1 aromatic heterocycles. The Morgan fingerprint density at radius 3 is 2.52 bits per heavy atom. The number of amides is 1. The van der Waals surface area contributed by atoms with Gasteiger partial charge in [0.1, 0.15) is 0 Å². The largest absolute Gasteiger partial charge is 0.355 e. The highest BCUT2D eigenvalue weighted by Crippen LogP contribution is 2.26. The molecule has 5 nitrogen and oxygen atoms in total. The van der Waals surface area contributed by atoms with Crippen LogP contribution in [0.4, 0.5) is 0 Å². The van der Waals surface area contributed by atoms with Crippen molar-refractivity contribution < 1.29 is 4.79 Å². The summed E-state index contributed by atoms with van der Waals surface area (Å²) < 4.78 is 1.08. The van der Waals surface area contributed by atoms with Gasteiger partial charge in [0.05, 0.1) is 6.54 Å². The molecule has 1 amide bonds. The zero-order valence-corrected chi connectivity index (χ0v) is 20.5. The zero-order chi connectivity index (χ0) is 22.9. The van der Waals surface area contributed by atoms with Crippen molar-refractivity contribution in [2.24, 2.45) is 0 Å². The Kier molecular flexibility index (Phi) is 8.64. The summed E-state index contributed by atoms with van der Waals surface area (Å²) in [4.78, 5) is 21.6. The van der Waals surface area contributed by atoms with Gasteiger partial charge in [-0.15, -0.1) is 0 Å². The molecule has 1 saturated heterocycles. The van der Waals surface area contributed by atoms with Crippen molar-refractivity contribution in [3.63, 3.8) is 0 Å². The number of pyridine rings is 1. The monoisotopic (exact) mass is 506 g/mol. The van der Waals surface area contributed by atoms with E-state index in [2.05, 4.69) is 78.5 Å². The Balaban J connectivity index is 1.26. The molecule has 0 saturated carbocycles. The molecule has 3 aromatic rings. The van der Waals surface area contributed by atoms with Gasteiger partial charge in [-0.3, -0.25) is 19.6 Å². The molecule has 1 N–H and O–H groups in total. The van der Waals surface area contributed by atoms with Crippen molar-refractivity contribution >= 4 is 21.8 Å². The van der Waals surface area contributed by atoms with Crippen LogP contribution in [0.25, 0.3) is 11.1 Å². The third-order valence-corrected chi connectivity index (χ3v) is 6.61. The first kappa shape index (κ1) is 23.6. The van der Waals surface area contributed by atoms with Crippen LogP contribution in [0.2, 0.25) is 0 Å². The average molecular weight is 507 g/mol. The predicted molar refractivity (Wildman–Crippen MR) is 137 cm³/mol. The molecule has 6 heteroatoms. The quantitative estimate of drug-likeness (QED) is 0.492. The van der Waals surface area contributed by atoms with Gasteiger partial charge in [-0.2, -0.15) is 0 Å². The van der Waals surface area contributed by atoms with E-state index in [4.69, 9.17) is 0 Å². The molecular formula is C27H31BrN4O. The Bertz CT molecular complexity index is 1030. The fraction of sp³-hybridized carbons (Fsp3) is 0.333. The van der Waals surface area contributed by atoms with E-state index in [1.54, 1.807) is 0 Å². The zero-order valence-electron chi connectivity index (χ0n) is 18.9. The van der Waals surface area contributed by atoms with Crippen LogP contribution < -0.4 is 5.32 Å². The van der Waals surface area contributed by atoms with E-state index < -0.39 is 0 Å². The standard InChI is InChI=1S/C27H31BrN4O/c28-25-9-7-23(8-10-25)26-12-13-29-19-24(26)20-31-15-4-16-32(18-17-31)21-27(33)30-14-11-22-5-2-1-3-6-22/h1-3,5-10,12-13,19H,4,11,14-18,20-21H2,(H,30,33). The van der Waals surface area contributed by atoms with Crippen molar-refractivity contribution in [3.05, 3.63) is 88.7 Å². The number of carbonyl (C=O) groups excluding carboxylic acids is 1. The first-order valence-corrected chi connectivity index (χ1v) is 12.4. The van der Waals surface area contributed by atoms with Gasteiger partial charge in [0.15, 0.2) is 0 Å². The molecule has 1 fully saturated rings. The normalized spacial score (nSPS) is 15.2. The molecule has 1 aliphatic rings. The summed E-state index contributed by atoms with van der Waals surface area (Å²) in [6, 6.07) is 20.8.